The number of benzene rings is 2. The zero-order chi connectivity index (χ0) is 15.6. The Kier molecular flexibility index (Phi) is 5.08. The van der Waals surface area contributed by atoms with E-state index in [1.54, 1.807) is 18.2 Å². The smallest absolute Gasteiger partial charge is 0.147 e. The summed E-state index contributed by atoms with van der Waals surface area (Å²) in [6, 6.07) is 7.72. The highest BCUT2D eigenvalue weighted by molar-refractivity contribution is 9.10. The quantitative estimate of drug-likeness (QED) is 0.864. The molecule has 0 aromatic heterocycles. The number of aliphatic hydroxyl groups is 1. The van der Waals surface area contributed by atoms with E-state index in [4.69, 9.17) is 21.1 Å². The third-order valence-electron chi connectivity index (χ3n) is 3.07. The van der Waals surface area contributed by atoms with Crippen molar-refractivity contribution in [3.05, 3.63) is 56.8 Å². The van der Waals surface area contributed by atoms with Gasteiger partial charge in [-0.3, -0.25) is 0 Å². The highest BCUT2D eigenvalue weighted by Gasteiger charge is 2.22. The Morgan fingerprint density at radius 2 is 1.81 bits per heavy atom. The molecule has 0 heterocycles. The van der Waals surface area contributed by atoms with E-state index in [9.17, 15) is 9.50 Å². The van der Waals surface area contributed by atoms with Crippen LogP contribution >= 0.6 is 27.5 Å². The topological polar surface area (TPSA) is 38.7 Å². The fraction of sp³-hybridized carbons (Fsp3) is 0.200. The summed E-state index contributed by atoms with van der Waals surface area (Å²) in [5.74, 6) is 0.289. The van der Waals surface area contributed by atoms with Crippen LogP contribution in [0.15, 0.2) is 34.8 Å². The maximum atomic E-state index is 14.1. The Labute approximate surface area is 135 Å². The molecule has 0 bridgehead atoms. The van der Waals surface area contributed by atoms with Crippen LogP contribution in [0.25, 0.3) is 0 Å². The number of halogens is 3. The van der Waals surface area contributed by atoms with Crippen LogP contribution < -0.4 is 9.47 Å². The Morgan fingerprint density at radius 1 is 1.14 bits per heavy atom. The van der Waals surface area contributed by atoms with Gasteiger partial charge in [-0.05, 0) is 28.1 Å². The van der Waals surface area contributed by atoms with Gasteiger partial charge in [-0.15, -0.1) is 0 Å². The normalized spacial score (nSPS) is 12.1. The minimum absolute atomic E-state index is 0.0434. The number of aliphatic hydroxyl groups excluding tert-OH is 1. The van der Waals surface area contributed by atoms with Crippen LogP contribution in [0.3, 0.4) is 0 Å². The Hall–Kier alpha value is -1.30. The predicted octanol–water partition coefficient (Wildman–Crippen LogP) is 4.34. The Morgan fingerprint density at radius 3 is 2.43 bits per heavy atom. The summed E-state index contributed by atoms with van der Waals surface area (Å²) in [6.45, 7) is 0. The van der Waals surface area contributed by atoms with Crippen LogP contribution in [-0.4, -0.2) is 19.3 Å². The van der Waals surface area contributed by atoms with Gasteiger partial charge in [0.15, 0.2) is 0 Å². The fourth-order valence-electron chi connectivity index (χ4n) is 2.00. The monoisotopic (exact) mass is 374 g/mol. The molecular weight excluding hydrogens is 363 g/mol. The third kappa shape index (κ3) is 3.15. The summed E-state index contributed by atoms with van der Waals surface area (Å²) < 4.78 is 25.1. The highest BCUT2D eigenvalue weighted by Crippen LogP contribution is 2.39. The van der Waals surface area contributed by atoms with Gasteiger partial charge >= 0.3 is 0 Å². The molecular formula is C15H13BrClFO3. The lowest BCUT2D eigenvalue weighted by atomic mass is 10.00. The SMILES string of the molecule is COc1cc(OC)c([C@H](O)c2cccc(Cl)c2F)cc1Br. The molecule has 3 nitrogen and oxygen atoms in total. The molecule has 6 heteroatoms. The molecule has 1 N–H and O–H groups in total. The number of methoxy groups -OCH3 is 2. The van der Waals surface area contributed by atoms with Crippen LogP contribution in [0.2, 0.25) is 5.02 Å². The summed E-state index contributed by atoms with van der Waals surface area (Å²) >= 11 is 9.08. The van der Waals surface area contributed by atoms with Crippen molar-refractivity contribution in [2.24, 2.45) is 0 Å². The first kappa shape index (κ1) is 16.1. The third-order valence-corrected chi connectivity index (χ3v) is 3.99. The fourth-order valence-corrected chi connectivity index (χ4v) is 2.70. The molecule has 2 aromatic rings. The van der Waals surface area contributed by atoms with Gasteiger partial charge in [-0.25, -0.2) is 4.39 Å². The summed E-state index contributed by atoms with van der Waals surface area (Å²) in [7, 11) is 2.99. The van der Waals surface area contributed by atoms with E-state index in [0.29, 0.717) is 21.5 Å². The minimum atomic E-state index is -1.21. The standard InChI is InChI=1S/C15H13BrClFO3/c1-20-12-7-13(21-2)10(16)6-9(12)15(19)8-4-3-5-11(17)14(8)18/h3-7,15,19H,1-2H3/t15-/m1/s1. The molecule has 0 amide bonds. The van der Waals surface area contributed by atoms with E-state index in [0.717, 1.165) is 0 Å². The summed E-state index contributed by atoms with van der Waals surface area (Å²) in [5.41, 5.74) is 0.490. The molecule has 0 aliphatic heterocycles. The largest absolute Gasteiger partial charge is 0.496 e. The lowest BCUT2D eigenvalue weighted by Crippen LogP contribution is -2.05. The first-order valence-corrected chi connectivity index (χ1v) is 7.20. The van der Waals surface area contributed by atoms with Gasteiger partial charge in [0.05, 0.1) is 23.7 Å². The van der Waals surface area contributed by atoms with Crippen LogP contribution in [0, 0.1) is 5.82 Å². The van der Waals surface area contributed by atoms with Gasteiger partial charge in [0.25, 0.3) is 0 Å². The molecule has 0 unspecified atom stereocenters. The van der Waals surface area contributed by atoms with Crippen molar-refractivity contribution >= 4 is 27.5 Å². The number of rotatable bonds is 4. The predicted molar refractivity (Wildman–Crippen MR) is 82.7 cm³/mol. The van der Waals surface area contributed by atoms with Crippen molar-refractivity contribution < 1.29 is 19.0 Å². The maximum Gasteiger partial charge on any atom is 0.147 e. The number of hydrogen-bond acceptors (Lipinski definition) is 3. The van der Waals surface area contributed by atoms with Crippen LogP contribution in [-0.2, 0) is 0 Å². The van der Waals surface area contributed by atoms with Crippen LogP contribution in [0.1, 0.15) is 17.2 Å². The second kappa shape index (κ2) is 6.64. The van der Waals surface area contributed by atoms with Crippen molar-refractivity contribution in [2.45, 2.75) is 6.10 Å². The van der Waals surface area contributed by atoms with Crippen molar-refractivity contribution in [3.63, 3.8) is 0 Å². The van der Waals surface area contributed by atoms with E-state index >= 15 is 0 Å². The average molecular weight is 376 g/mol. The highest BCUT2D eigenvalue weighted by atomic mass is 79.9. The molecule has 0 saturated heterocycles. The van der Waals surface area contributed by atoms with Gasteiger partial charge in [0, 0.05) is 17.2 Å². The van der Waals surface area contributed by atoms with Gasteiger partial charge < -0.3 is 14.6 Å². The van der Waals surface area contributed by atoms with Gasteiger partial charge in [-0.1, -0.05) is 23.7 Å². The van der Waals surface area contributed by atoms with E-state index in [-0.39, 0.29) is 10.6 Å². The molecule has 21 heavy (non-hydrogen) atoms. The molecule has 112 valence electrons. The maximum absolute atomic E-state index is 14.1. The second-order valence-corrected chi connectivity index (χ2v) is 5.54. The van der Waals surface area contributed by atoms with Crippen molar-refractivity contribution in [1.29, 1.82) is 0 Å². The van der Waals surface area contributed by atoms with E-state index in [2.05, 4.69) is 15.9 Å². The molecule has 0 aliphatic carbocycles. The zero-order valence-electron chi connectivity index (χ0n) is 11.4. The molecule has 1 atom stereocenters. The van der Waals surface area contributed by atoms with Crippen LogP contribution in [0.5, 0.6) is 11.5 Å². The van der Waals surface area contributed by atoms with E-state index in [1.165, 1.54) is 26.4 Å². The average Bonchev–Trinajstić information content (AvgIpc) is 2.49. The van der Waals surface area contributed by atoms with Crippen molar-refractivity contribution in [2.75, 3.05) is 14.2 Å². The molecule has 2 aromatic carbocycles. The summed E-state index contributed by atoms with van der Waals surface area (Å²) in [5, 5.41) is 10.4. The Balaban J connectivity index is 2.55. The van der Waals surface area contributed by atoms with Gasteiger partial charge in [0.2, 0.25) is 0 Å². The van der Waals surface area contributed by atoms with Crippen LogP contribution in [0.4, 0.5) is 4.39 Å². The van der Waals surface area contributed by atoms with Gasteiger partial charge in [0.1, 0.15) is 23.4 Å². The minimum Gasteiger partial charge on any atom is -0.496 e. The first-order valence-electron chi connectivity index (χ1n) is 6.03. The zero-order valence-corrected chi connectivity index (χ0v) is 13.7. The van der Waals surface area contributed by atoms with Crippen molar-refractivity contribution in [1.82, 2.24) is 0 Å². The number of ether oxygens (including phenoxy) is 2. The first-order chi connectivity index (χ1) is 9.99. The number of hydrogen-bond donors (Lipinski definition) is 1. The lowest BCUT2D eigenvalue weighted by molar-refractivity contribution is 0.209. The van der Waals surface area contributed by atoms with Gasteiger partial charge in [-0.2, -0.15) is 0 Å². The molecule has 0 saturated carbocycles. The lowest BCUT2D eigenvalue weighted by Gasteiger charge is -2.18. The molecule has 0 radical (unpaired) electrons. The summed E-state index contributed by atoms with van der Waals surface area (Å²) in [6.07, 6.45) is -1.21. The molecule has 0 aliphatic rings. The second-order valence-electron chi connectivity index (χ2n) is 4.27. The van der Waals surface area contributed by atoms with E-state index < -0.39 is 11.9 Å². The molecule has 0 spiro atoms. The molecule has 2 rings (SSSR count). The van der Waals surface area contributed by atoms with Crippen molar-refractivity contribution in [3.8, 4) is 11.5 Å². The molecule has 0 fully saturated rings. The summed E-state index contributed by atoms with van der Waals surface area (Å²) in [4.78, 5) is 0. The Bertz CT molecular complexity index is 664. The van der Waals surface area contributed by atoms with E-state index in [1.807, 2.05) is 0 Å².